The minimum Gasteiger partial charge on any atom is -0.464 e. The van der Waals surface area contributed by atoms with Crippen LogP contribution < -0.4 is 0 Å². The highest BCUT2D eigenvalue weighted by atomic mass is 16.3. The van der Waals surface area contributed by atoms with Crippen molar-refractivity contribution < 1.29 is 4.42 Å². The molecule has 1 heteroatoms. The molecule has 0 atom stereocenters. The average Bonchev–Trinajstić information content (AvgIpc) is 2.85. The molecule has 0 N–H and O–H groups in total. The number of benzene rings is 2. The summed E-state index contributed by atoms with van der Waals surface area (Å²) in [5.74, 6) is 0. The second-order valence-corrected chi connectivity index (χ2v) is 3.96. The van der Waals surface area contributed by atoms with Crippen LogP contribution in [0.3, 0.4) is 0 Å². The average molecular weight is 220 g/mol. The van der Waals surface area contributed by atoms with Gasteiger partial charge in [-0.25, -0.2) is 0 Å². The Kier molecular flexibility index (Phi) is 2.51. The monoisotopic (exact) mass is 220 g/mol. The van der Waals surface area contributed by atoms with Crippen LogP contribution in [0, 0.1) is 0 Å². The lowest BCUT2D eigenvalue weighted by Gasteiger charge is -1.94. The molecular formula is C16H12O. The topological polar surface area (TPSA) is 13.1 Å². The van der Waals surface area contributed by atoms with Crippen LogP contribution in [0.15, 0.2) is 65.3 Å². The summed E-state index contributed by atoms with van der Waals surface area (Å²) in [6.07, 6.45) is 5.94. The molecule has 0 aliphatic rings. The first-order valence-electron chi connectivity index (χ1n) is 5.62. The van der Waals surface area contributed by atoms with Crippen molar-refractivity contribution >= 4 is 23.1 Å². The highest BCUT2D eigenvalue weighted by Crippen LogP contribution is 2.18. The molecule has 0 unspecified atom stereocenters. The summed E-state index contributed by atoms with van der Waals surface area (Å²) in [5, 5.41) is 1.14. The predicted molar refractivity (Wildman–Crippen MR) is 71.6 cm³/mol. The van der Waals surface area contributed by atoms with E-state index in [1.54, 1.807) is 6.26 Å². The Morgan fingerprint density at radius 3 is 2.47 bits per heavy atom. The van der Waals surface area contributed by atoms with Gasteiger partial charge in [0.2, 0.25) is 0 Å². The van der Waals surface area contributed by atoms with Gasteiger partial charge in [0.25, 0.3) is 0 Å². The standard InChI is InChI=1S/C16H12O/c1-2-4-13(5-3-1)6-7-14-8-9-16-15(12-14)10-11-17-16/h1-12H. The van der Waals surface area contributed by atoms with Crippen LogP contribution in [0.25, 0.3) is 23.1 Å². The predicted octanol–water partition coefficient (Wildman–Crippen LogP) is 4.60. The summed E-state index contributed by atoms with van der Waals surface area (Å²) >= 11 is 0. The largest absolute Gasteiger partial charge is 0.464 e. The summed E-state index contributed by atoms with van der Waals surface area (Å²) < 4.78 is 5.31. The number of hydrogen-bond donors (Lipinski definition) is 0. The van der Waals surface area contributed by atoms with E-state index in [1.807, 2.05) is 30.3 Å². The van der Waals surface area contributed by atoms with E-state index >= 15 is 0 Å². The highest BCUT2D eigenvalue weighted by Gasteiger charge is 1.95. The van der Waals surface area contributed by atoms with Crippen molar-refractivity contribution in [2.45, 2.75) is 0 Å². The molecule has 0 aliphatic heterocycles. The highest BCUT2D eigenvalue weighted by molar-refractivity contribution is 5.82. The second-order valence-electron chi connectivity index (χ2n) is 3.96. The summed E-state index contributed by atoms with van der Waals surface area (Å²) in [6.45, 7) is 0. The van der Waals surface area contributed by atoms with E-state index in [4.69, 9.17) is 4.42 Å². The second kappa shape index (κ2) is 4.30. The van der Waals surface area contributed by atoms with E-state index in [2.05, 4.69) is 36.4 Å². The number of fused-ring (bicyclic) bond motifs is 1. The molecule has 0 spiro atoms. The van der Waals surface area contributed by atoms with Crippen LogP contribution in [0.5, 0.6) is 0 Å². The molecule has 1 nitrogen and oxygen atoms in total. The van der Waals surface area contributed by atoms with E-state index in [0.29, 0.717) is 0 Å². The Morgan fingerprint density at radius 2 is 1.59 bits per heavy atom. The summed E-state index contributed by atoms with van der Waals surface area (Å²) in [5.41, 5.74) is 3.32. The Hall–Kier alpha value is -2.28. The molecule has 0 amide bonds. The van der Waals surface area contributed by atoms with Crippen LogP contribution >= 0.6 is 0 Å². The van der Waals surface area contributed by atoms with Crippen molar-refractivity contribution in [2.75, 3.05) is 0 Å². The Bertz CT molecular complexity index is 647. The van der Waals surface area contributed by atoms with Gasteiger partial charge in [0.15, 0.2) is 0 Å². The molecule has 1 aromatic heterocycles. The number of hydrogen-bond acceptors (Lipinski definition) is 1. The molecule has 0 aliphatic carbocycles. The van der Waals surface area contributed by atoms with Crippen molar-refractivity contribution in [2.24, 2.45) is 0 Å². The molecular weight excluding hydrogens is 208 g/mol. The maximum atomic E-state index is 5.31. The molecule has 0 saturated carbocycles. The van der Waals surface area contributed by atoms with Gasteiger partial charge in [0.1, 0.15) is 5.58 Å². The molecule has 3 rings (SSSR count). The molecule has 17 heavy (non-hydrogen) atoms. The first-order valence-corrected chi connectivity index (χ1v) is 5.62. The van der Waals surface area contributed by atoms with Crippen LogP contribution in [-0.2, 0) is 0 Å². The minimum absolute atomic E-state index is 0.932. The van der Waals surface area contributed by atoms with Crippen LogP contribution in [0.2, 0.25) is 0 Å². The van der Waals surface area contributed by atoms with Gasteiger partial charge in [0, 0.05) is 5.39 Å². The molecule has 0 fully saturated rings. The molecule has 3 aromatic rings. The molecule has 0 radical (unpaired) electrons. The van der Waals surface area contributed by atoms with E-state index in [-0.39, 0.29) is 0 Å². The third-order valence-electron chi connectivity index (χ3n) is 2.74. The van der Waals surface area contributed by atoms with Crippen molar-refractivity contribution in [3.63, 3.8) is 0 Å². The summed E-state index contributed by atoms with van der Waals surface area (Å²) in [7, 11) is 0. The summed E-state index contributed by atoms with van der Waals surface area (Å²) in [6, 6.07) is 18.4. The van der Waals surface area contributed by atoms with Crippen LogP contribution in [0.4, 0.5) is 0 Å². The van der Waals surface area contributed by atoms with E-state index in [0.717, 1.165) is 11.0 Å². The van der Waals surface area contributed by atoms with Gasteiger partial charge in [-0.05, 0) is 29.3 Å². The molecule has 2 aromatic carbocycles. The zero-order valence-electron chi connectivity index (χ0n) is 9.34. The van der Waals surface area contributed by atoms with Crippen molar-refractivity contribution in [1.82, 2.24) is 0 Å². The Morgan fingerprint density at radius 1 is 0.765 bits per heavy atom. The zero-order valence-corrected chi connectivity index (χ0v) is 9.34. The van der Waals surface area contributed by atoms with Crippen LogP contribution in [0.1, 0.15) is 11.1 Å². The third-order valence-corrected chi connectivity index (χ3v) is 2.74. The fourth-order valence-corrected chi connectivity index (χ4v) is 1.85. The van der Waals surface area contributed by atoms with Gasteiger partial charge in [-0.1, -0.05) is 48.6 Å². The van der Waals surface area contributed by atoms with Crippen molar-refractivity contribution in [3.8, 4) is 0 Å². The summed E-state index contributed by atoms with van der Waals surface area (Å²) in [4.78, 5) is 0. The van der Waals surface area contributed by atoms with Crippen LogP contribution in [-0.4, -0.2) is 0 Å². The molecule has 1 heterocycles. The van der Waals surface area contributed by atoms with Gasteiger partial charge in [-0.2, -0.15) is 0 Å². The smallest absolute Gasteiger partial charge is 0.133 e. The van der Waals surface area contributed by atoms with Crippen molar-refractivity contribution in [3.05, 3.63) is 72.0 Å². The number of furan rings is 1. The lowest BCUT2D eigenvalue weighted by Crippen LogP contribution is -1.72. The van der Waals surface area contributed by atoms with Crippen molar-refractivity contribution in [1.29, 1.82) is 0 Å². The molecule has 82 valence electrons. The van der Waals surface area contributed by atoms with Gasteiger partial charge in [-0.15, -0.1) is 0 Å². The number of rotatable bonds is 2. The maximum absolute atomic E-state index is 5.31. The van der Waals surface area contributed by atoms with Gasteiger partial charge in [-0.3, -0.25) is 0 Å². The van der Waals surface area contributed by atoms with Gasteiger partial charge >= 0.3 is 0 Å². The minimum atomic E-state index is 0.932. The molecule has 0 bridgehead atoms. The van der Waals surface area contributed by atoms with Gasteiger partial charge < -0.3 is 4.42 Å². The lowest BCUT2D eigenvalue weighted by atomic mass is 10.1. The first kappa shape index (κ1) is 9.91. The third kappa shape index (κ3) is 2.13. The fraction of sp³-hybridized carbons (Fsp3) is 0. The lowest BCUT2D eigenvalue weighted by molar-refractivity contribution is 0.616. The van der Waals surface area contributed by atoms with E-state index < -0.39 is 0 Å². The van der Waals surface area contributed by atoms with E-state index in [1.165, 1.54) is 11.1 Å². The zero-order chi connectivity index (χ0) is 11.5. The maximum Gasteiger partial charge on any atom is 0.133 e. The first-order chi connectivity index (χ1) is 8.42. The Labute approximate surface area is 100 Å². The normalized spacial score (nSPS) is 11.3. The molecule has 0 saturated heterocycles. The van der Waals surface area contributed by atoms with E-state index in [9.17, 15) is 0 Å². The van der Waals surface area contributed by atoms with Gasteiger partial charge in [0.05, 0.1) is 6.26 Å². The fourth-order valence-electron chi connectivity index (χ4n) is 1.85. The SMILES string of the molecule is C(=Cc1ccc2occc2c1)c1ccccc1. The quantitative estimate of drug-likeness (QED) is 0.575. The Balaban J connectivity index is 1.92.